The number of carbonyl (C=O) groups is 1. The highest BCUT2D eigenvalue weighted by Gasteiger charge is 2.30. The molecule has 4 atom stereocenters. The van der Waals surface area contributed by atoms with Gasteiger partial charge in [-0.1, -0.05) is 58.6 Å². The maximum absolute atomic E-state index is 10.5. The van der Waals surface area contributed by atoms with Crippen molar-refractivity contribution in [2.45, 2.75) is 111 Å². The van der Waals surface area contributed by atoms with Crippen molar-refractivity contribution in [2.24, 2.45) is 17.8 Å². The molecule has 1 fully saturated rings. The largest absolute Gasteiger partial charge is 0.481 e. The Labute approximate surface area is 162 Å². The highest BCUT2D eigenvalue weighted by atomic mass is 16.4. The smallest absolute Gasteiger partial charge is 0.303 e. The number of carboxylic acid groups (broad SMARTS) is 1. The summed E-state index contributed by atoms with van der Waals surface area (Å²) in [4.78, 5) is 10.5. The van der Waals surface area contributed by atoms with Crippen LogP contribution in [0.15, 0.2) is 12.2 Å². The number of aliphatic hydroxyl groups is 1. The molecule has 0 saturated heterocycles. The Morgan fingerprint density at radius 1 is 1.08 bits per heavy atom. The molecule has 0 aromatic carbocycles. The topological polar surface area (TPSA) is 57.5 Å². The number of hydrogen-bond acceptors (Lipinski definition) is 2. The zero-order valence-corrected chi connectivity index (χ0v) is 17.8. The number of carboxylic acids is 1. The van der Waals surface area contributed by atoms with E-state index in [1.165, 1.54) is 38.5 Å². The van der Waals surface area contributed by atoms with Gasteiger partial charge < -0.3 is 10.2 Å². The molecule has 0 amide bonds. The molecule has 0 aromatic heterocycles. The zero-order valence-electron chi connectivity index (χ0n) is 17.8. The van der Waals surface area contributed by atoms with Crippen molar-refractivity contribution in [2.75, 3.05) is 0 Å². The van der Waals surface area contributed by atoms with Crippen LogP contribution in [0.3, 0.4) is 0 Å². The minimum atomic E-state index is -0.668. The van der Waals surface area contributed by atoms with Crippen molar-refractivity contribution in [3.63, 3.8) is 0 Å². The maximum atomic E-state index is 10.5. The van der Waals surface area contributed by atoms with Gasteiger partial charge in [-0.25, -0.2) is 0 Å². The van der Waals surface area contributed by atoms with Gasteiger partial charge in [0.25, 0.3) is 0 Å². The third-order valence-corrected chi connectivity index (χ3v) is 5.54. The fourth-order valence-electron chi connectivity index (χ4n) is 4.03. The standard InChI is InChI=1S/C21H38O3.C2H6/c1-17-15-16-19(12-8-4-3-7-11-18(2)22)20(17)13-9-5-6-10-14-21(23)24;1-2/h8,12,17-20,22H,3-7,9-11,13-16H2,1-2H3,(H,23,24);1-2H3/b12-8+;/t17?,18?,19?,20-;/m0./s1. The molecule has 3 nitrogen and oxygen atoms in total. The molecule has 154 valence electrons. The third-order valence-electron chi connectivity index (χ3n) is 5.54. The Bertz CT molecular complexity index is 362. The molecule has 1 aliphatic carbocycles. The molecular formula is C23H44O3. The first-order valence-electron chi connectivity index (χ1n) is 11.1. The molecule has 26 heavy (non-hydrogen) atoms. The molecule has 0 aromatic rings. The Hall–Kier alpha value is -0.830. The van der Waals surface area contributed by atoms with Gasteiger partial charge in [0.05, 0.1) is 6.10 Å². The predicted octanol–water partition coefficient (Wildman–Crippen LogP) is 6.60. The van der Waals surface area contributed by atoms with Crippen LogP contribution in [0, 0.1) is 17.8 Å². The summed E-state index contributed by atoms with van der Waals surface area (Å²) in [5.74, 6) is 1.72. The van der Waals surface area contributed by atoms with Gasteiger partial charge in [0.2, 0.25) is 0 Å². The lowest BCUT2D eigenvalue weighted by Gasteiger charge is -2.20. The van der Waals surface area contributed by atoms with E-state index in [0.29, 0.717) is 6.42 Å². The number of hydrogen-bond donors (Lipinski definition) is 2. The average molecular weight is 369 g/mol. The summed E-state index contributed by atoms with van der Waals surface area (Å²) in [5, 5.41) is 17.9. The summed E-state index contributed by atoms with van der Waals surface area (Å²) in [5.41, 5.74) is 0. The second-order valence-corrected chi connectivity index (χ2v) is 7.79. The molecule has 0 aliphatic heterocycles. The highest BCUT2D eigenvalue weighted by Crippen LogP contribution is 2.40. The third kappa shape index (κ3) is 12.5. The quantitative estimate of drug-likeness (QED) is 0.284. The first kappa shape index (κ1) is 25.2. The van der Waals surface area contributed by atoms with Gasteiger partial charge in [-0.3, -0.25) is 4.79 Å². The molecule has 0 spiro atoms. The van der Waals surface area contributed by atoms with Crippen molar-refractivity contribution in [1.82, 2.24) is 0 Å². The number of aliphatic carboxylic acids is 1. The summed E-state index contributed by atoms with van der Waals surface area (Å²) in [7, 11) is 0. The second-order valence-electron chi connectivity index (χ2n) is 7.79. The molecule has 1 saturated carbocycles. The zero-order chi connectivity index (χ0) is 19.8. The molecular weight excluding hydrogens is 324 g/mol. The van der Waals surface area contributed by atoms with Crippen molar-refractivity contribution >= 4 is 5.97 Å². The van der Waals surface area contributed by atoms with Gasteiger partial charge in [0.15, 0.2) is 0 Å². The summed E-state index contributed by atoms with van der Waals surface area (Å²) in [6, 6.07) is 0. The minimum Gasteiger partial charge on any atom is -0.481 e. The van der Waals surface area contributed by atoms with E-state index in [4.69, 9.17) is 5.11 Å². The van der Waals surface area contributed by atoms with Crippen LogP contribution >= 0.6 is 0 Å². The van der Waals surface area contributed by atoms with Gasteiger partial charge >= 0.3 is 5.97 Å². The van der Waals surface area contributed by atoms with Gasteiger partial charge in [-0.2, -0.15) is 0 Å². The fourth-order valence-corrected chi connectivity index (χ4v) is 4.03. The van der Waals surface area contributed by atoms with E-state index in [9.17, 15) is 9.90 Å². The first-order chi connectivity index (χ1) is 12.5. The van der Waals surface area contributed by atoms with E-state index in [0.717, 1.165) is 49.9 Å². The molecule has 0 bridgehead atoms. The molecule has 1 rings (SSSR count). The fraction of sp³-hybridized carbons (Fsp3) is 0.870. The summed E-state index contributed by atoms with van der Waals surface area (Å²) in [6.07, 6.45) is 17.6. The van der Waals surface area contributed by atoms with Gasteiger partial charge in [0, 0.05) is 6.42 Å². The monoisotopic (exact) mass is 368 g/mol. The average Bonchev–Trinajstić information content (AvgIpc) is 2.95. The minimum absolute atomic E-state index is 0.162. The number of aliphatic hydroxyl groups excluding tert-OH is 1. The maximum Gasteiger partial charge on any atom is 0.303 e. The summed E-state index contributed by atoms with van der Waals surface area (Å²) >= 11 is 0. The lowest BCUT2D eigenvalue weighted by molar-refractivity contribution is -0.137. The lowest BCUT2D eigenvalue weighted by Crippen LogP contribution is -2.11. The Balaban J connectivity index is 0.00000301. The van der Waals surface area contributed by atoms with Crippen LogP contribution in [0.2, 0.25) is 0 Å². The van der Waals surface area contributed by atoms with Gasteiger partial charge in [-0.15, -0.1) is 0 Å². The van der Waals surface area contributed by atoms with Crippen LogP contribution in [-0.2, 0) is 4.79 Å². The normalized spacial score (nSPS) is 23.7. The van der Waals surface area contributed by atoms with Gasteiger partial charge in [-0.05, 0) is 69.6 Å². The molecule has 2 N–H and O–H groups in total. The highest BCUT2D eigenvalue weighted by molar-refractivity contribution is 5.66. The SMILES string of the molecule is CC.CC(O)CCCC/C=C/C1CCC(C)[C@@H]1CCCCCCC(=O)O. The number of rotatable bonds is 13. The predicted molar refractivity (Wildman–Crippen MR) is 111 cm³/mol. The Morgan fingerprint density at radius 2 is 1.77 bits per heavy atom. The van der Waals surface area contributed by atoms with Crippen molar-refractivity contribution in [3.05, 3.63) is 12.2 Å². The van der Waals surface area contributed by atoms with Crippen molar-refractivity contribution < 1.29 is 15.0 Å². The van der Waals surface area contributed by atoms with Crippen LogP contribution < -0.4 is 0 Å². The first-order valence-corrected chi connectivity index (χ1v) is 11.1. The second kappa shape index (κ2) is 16.4. The van der Waals surface area contributed by atoms with Crippen LogP contribution in [0.5, 0.6) is 0 Å². The number of unbranched alkanes of at least 4 members (excludes halogenated alkanes) is 5. The molecule has 3 unspecified atom stereocenters. The van der Waals surface area contributed by atoms with E-state index in [1.807, 2.05) is 20.8 Å². The number of allylic oxidation sites excluding steroid dienone is 2. The van der Waals surface area contributed by atoms with Crippen molar-refractivity contribution in [1.29, 1.82) is 0 Å². The summed E-state index contributed by atoms with van der Waals surface area (Å²) in [6.45, 7) is 8.26. The van der Waals surface area contributed by atoms with E-state index in [-0.39, 0.29) is 6.10 Å². The summed E-state index contributed by atoms with van der Waals surface area (Å²) < 4.78 is 0. The van der Waals surface area contributed by atoms with Crippen LogP contribution in [0.1, 0.15) is 105 Å². The molecule has 0 radical (unpaired) electrons. The lowest BCUT2D eigenvalue weighted by atomic mass is 9.85. The Morgan fingerprint density at radius 3 is 2.42 bits per heavy atom. The van der Waals surface area contributed by atoms with E-state index >= 15 is 0 Å². The van der Waals surface area contributed by atoms with E-state index < -0.39 is 5.97 Å². The Kier molecular flexibility index (Phi) is 15.8. The van der Waals surface area contributed by atoms with E-state index in [2.05, 4.69) is 19.1 Å². The van der Waals surface area contributed by atoms with Crippen LogP contribution in [0.25, 0.3) is 0 Å². The van der Waals surface area contributed by atoms with Gasteiger partial charge in [0.1, 0.15) is 0 Å². The molecule has 1 aliphatic rings. The molecule has 3 heteroatoms. The van der Waals surface area contributed by atoms with Crippen LogP contribution in [-0.4, -0.2) is 22.3 Å². The molecule has 0 heterocycles. The van der Waals surface area contributed by atoms with Crippen molar-refractivity contribution in [3.8, 4) is 0 Å². The van der Waals surface area contributed by atoms with Crippen LogP contribution in [0.4, 0.5) is 0 Å². The van der Waals surface area contributed by atoms with E-state index in [1.54, 1.807) is 0 Å².